The summed E-state index contributed by atoms with van der Waals surface area (Å²) in [6.07, 6.45) is 3.43. The first-order valence-electron chi connectivity index (χ1n) is 5.72. The molecule has 1 atom stereocenters. The van der Waals surface area contributed by atoms with Crippen LogP contribution in [-0.2, 0) is 0 Å². The largest absolute Gasteiger partial charge is 0.507 e. The molecule has 1 aromatic heterocycles. The highest BCUT2D eigenvalue weighted by atomic mass is 16.3. The minimum Gasteiger partial charge on any atom is -0.507 e. The lowest BCUT2D eigenvalue weighted by molar-refractivity contribution is 0.328. The normalized spacial score (nSPS) is 13.9. The van der Waals surface area contributed by atoms with Crippen LogP contribution in [0.5, 0.6) is 5.75 Å². The smallest absolute Gasteiger partial charge is 0.123 e. The van der Waals surface area contributed by atoms with Gasteiger partial charge in [0.05, 0.1) is 0 Å². The average Bonchev–Trinajstić information content (AvgIpc) is 2.28. The maximum atomic E-state index is 9.81. The summed E-state index contributed by atoms with van der Waals surface area (Å²) in [4.78, 5) is 4.11. The van der Waals surface area contributed by atoms with Crippen molar-refractivity contribution in [3.05, 3.63) is 36.2 Å². The molecule has 2 rings (SSSR count). The van der Waals surface area contributed by atoms with E-state index in [1.807, 2.05) is 12.1 Å². The third-order valence-electron chi connectivity index (χ3n) is 3.10. The summed E-state index contributed by atoms with van der Waals surface area (Å²) in [5, 5.41) is 11.5. The van der Waals surface area contributed by atoms with Crippen molar-refractivity contribution >= 4 is 10.8 Å². The number of aromatic hydroxyl groups is 1. The van der Waals surface area contributed by atoms with Gasteiger partial charge in [0.2, 0.25) is 0 Å². The molecule has 2 aromatic rings. The van der Waals surface area contributed by atoms with Crippen LogP contribution >= 0.6 is 0 Å². The van der Waals surface area contributed by atoms with Gasteiger partial charge in [0.1, 0.15) is 5.75 Å². The molecule has 0 aliphatic rings. The predicted octanol–water partition coefficient (Wildman–Crippen LogP) is 2.99. The fourth-order valence-corrected chi connectivity index (χ4v) is 1.93. The first-order valence-corrected chi connectivity index (χ1v) is 5.72. The monoisotopic (exact) mass is 230 g/mol. The highest BCUT2D eigenvalue weighted by Gasteiger charge is 2.24. The Morgan fingerprint density at radius 3 is 2.53 bits per heavy atom. The van der Waals surface area contributed by atoms with E-state index >= 15 is 0 Å². The van der Waals surface area contributed by atoms with E-state index in [0.717, 1.165) is 16.3 Å². The van der Waals surface area contributed by atoms with Crippen molar-refractivity contribution in [2.75, 3.05) is 0 Å². The summed E-state index contributed by atoms with van der Waals surface area (Å²) < 4.78 is 0. The molecule has 1 unspecified atom stereocenters. The highest BCUT2D eigenvalue weighted by molar-refractivity contribution is 5.90. The van der Waals surface area contributed by atoms with E-state index in [9.17, 15) is 5.11 Å². The molecule has 90 valence electrons. The number of hydrogen-bond donors (Lipinski definition) is 2. The maximum Gasteiger partial charge on any atom is 0.123 e. The molecular weight excluding hydrogens is 212 g/mol. The number of phenols is 1. The number of aromatic nitrogens is 1. The fraction of sp³-hybridized carbons (Fsp3) is 0.357. The summed E-state index contributed by atoms with van der Waals surface area (Å²) >= 11 is 0. The quantitative estimate of drug-likeness (QED) is 0.791. The van der Waals surface area contributed by atoms with Crippen LogP contribution in [0.4, 0.5) is 0 Å². The molecule has 3 N–H and O–H groups in total. The topological polar surface area (TPSA) is 59.1 Å². The van der Waals surface area contributed by atoms with E-state index < -0.39 is 0 Å². The second-order valence-electron chi connectivity index (χ2n) is 5.44. The van der Waals surface area contributed by atoms with Gasteiger partial charge in [-0.2, -0.15) is 0 Å². The zero-order valence-corrected chi connectivity index (χ0v) is 10.4. The zero-order chi connectivity index (χ0) is 12.6. The van der Waals surface area contributed by atoms with Crippen LogP contribution in [0.2, 0.25) is 0 Å². The van der Waals surface area contributed by atoms with Crippen molar-refractivity contribution in [2.24, 2.45) is 11.1 Å². The lowest BCUT2D eigenvalue weighted by atomic mass is 9.81. The third kappa shape index (κ3) is 2.11. The Hall–Kier alpha value is -1.61. The Labute approximate surface area is 101 Å². The van der Waals surface area contributed by atoms with Gasteiger partial charge in [-0.1, -0.05) is 26.8 Å². The van der Waals surface area contributed by atoms with Gasteiger partial charge in [-0.25, -0.2) is 0 Å². The summed E-state index contributed by atoms with van der Waals surface area (Å²) in [5.74, 6) is 0.271. The van der Waals surface area contributed by atoms with E-state index in [-0.39, 0.29) is 17.2 Å². The lowest BCUT2D eigenvalue weighted by Crippen LogP contribution is -2.26. The molecule has 0 saturated heterocycles. The molecule has 0 fully saturated rings. The van der Waals surface area contributed by atoms with Gasteiger partial charge in [0.15, 0.2) is 0 Å². The summed E-state index contributed by atoms with van der Waals surface area (Å²) in [6, 6.07) is 5.30. The number of pyridine rings is 1. The van der Waals surface area contributed by atoms with Crippen molar-refractivity contribution < 1.29 is 5.11 Å². The maximum absolute atomic E-state index is 9.81. The van der Waals surface area contributed by atoms with Gasteiger partial charge >= 0.3 is 0 Å². The Balaban J connectivity index is 2.67. The second-order valence-corrected chi connectivity index (χ2v) is 5.44. The summed E-state index contributed by atoms with van der Waals surface area (Å²) in [5.41, 5.74) is 7.28. The van der Waals surface area contributed by atoms with Gasteiger partial charge in [-0.3, -0.25) is 4.98 Å². The number of hydrogen-bond acceptors (Lipinski definition) is 3. The molecule has 1 aromatic carbocycles. The predicted molar refractivity (Wildman–Crippen MR) is 69.8 cm³/mol. The molecule has 3 nitrogen and oxygen atoms in total. The van der Waals surface area contributed by atoms with Gasteiger partial charge < -0.3 is 10.8 Å². The molecule has 1 heterocycles. The van der Waals surface area contributed by atoms with Gasteiger partial charge in [-0.05, 0) is 23.1 Å². The van der Waals surface area contributed by atoms with Crippen molar-refractivity contribution in [1.82, 2.24) is 4.98 Å². The minimum absolute atomic E-state index is 0.0280. The number of nitrogens with two attached hydrogens (primary N) is 1. The van der Waals surface area contributed by atoms with Crippen LogP contribution in [0.15, 0.2) is 30.6 Å². The van der Waals surface area contributed by atoms with Crippen molar-refractivity contribution in [1.29, 1.82) is 0 Å². The Bertz CT molecular complexity index is 543. The van der Waals surface area contributed by atoms with Crippen LogP contribution in [0.3, 0.4) is 0 Å². The van der Waals surface area contributed by atoms with E-state index in [0.29, 0.717) is 0 Å². The van der Waals surface area contributed by atoms with Crippen LogP contribution in [-0.4, -0.2) is 10.1 Å². The fourth-order valence-electron chi connectivity index (χ4n) is 1.93. The molecule has 0 spiro atoms. The minimum atomic E-state index is -0.0881. The molecule has 0 amide bonds. The third-order valence-corrected chi connectivity index (χ3v) is 3.10. The summed E-state index contributed by atoms with van der Waals surface area (Å²) in [7, 11) is 0. The molecule has 3 heteroatoms. The Kier molecular flexibility index (Phi) is 2.79. The van der Waals surface area contributed by atoms with Crippen molar-refractivity contribution in [3.63, 3.8) is 0 Å². The molecule has 0 aliphatic carbocycles. The van der Waals surface area contributed by atoms with E-state index in [1.165, 1.54) is 0 Å². The number of benzene rings is 1. The molecule has 0 saturated carbocycles. The SMILES string of the molecule is CC(C)(C)C(N)c1ccc(O)c2ccncc12. The first-order chi connectivity index (χ1) is 7.91. The lowest BCUT2D eigenvalue weighted by Gasteiger charge is -2.28. The van der Waals surface area contributed by atoms with Crippen LogP contribution in [0.1, 0.15) is 32.4 Å². The standard InChI is InChI=1S/C14H18N2O/c1-14(2,3)13(15)10-4-5-12(17)9-6-7-16-8-11(9)10/h4-8,13,17H,15H2,1-3H3. The van der Waals surface area contributed by atoms with Gasteiger partial charge in [0, 0.05) is 29.2 Å². The van der Waals surface area contributed by atoms with Gasteiger partial charge in [-0.15, -0.1) is 0 Å². The first kappa shape index (κ1) is 11.9. The van der Waals surface area contributed by atoms with E-state index in [4.69, 9.17) is 5.73 Å². The van der Waals surface area contributed by atoms with Crippen molar-refractivity contribution in [3.8, 4) is 5.75 Å². The van der Waals surface area contributed by atoms with Crippen LogP contribution in [0, 0.1) is 5.41 Å². The number of phenolic OH excluding ortho intramolecular Hbond substituents is 1. The van der Waals surface area contributed by atoms with E-state index in [1.54, 1.807) is 18.5 Å². The molecule has 0 aliphatic heterocycles. The average molecular weight is 230 g/mol. The van der Waals surface area contributed by atoms with Crippen molar-refractivity contribution in [2.45, 2.75) is 26.8 Å². The number of fused-ring (bicyclic) bond motifs is 1. The second kappa shape index (κ2) is 4.00. The Morgan fingerprint density at radius 2 is 1.88 bits per heavy atom. The van der Waals surface area contributed by atoms with Crippen LogP contribution in [0.25, 0.3) is 10.8 Å². The van der Waals surface area contributed by atoms with Gasteiger partial charge in [0.25, 0.3) is 0 Å². The molecular formula is C14H18N2O. The molecule has 0 bridgehead atoms. The summed E-state index contributed by atoms with van der Waals surface area (Å²) in [6.45, 7) is 6.31. The number of rotatable bonds is 1. The highest BCUT2D eigenvalue weighted by Crippen LogP contribution is 2.36. The zero-order valence-electron chi connectivity index (χ0n) is 10.4. The number of nitrogens with zero attached hydrogens (tertiary/aromatic N) is 1. The molecule has 17 heavy (non-hydrogen) atoms. The van der Waals surface area contributed by atoms with E-state index in [2.05, 4.69) is 25.8 Å². The van der Waals surface area contributed by atoms with Crippen LogP contribution < -0.4 is 5.73 Å². The molecule has 0 radical (unpaired) electrons. The Morgan fingerprint density at radius 1 is 1.18 bits per heavy atom.